The van der Waals surface area contributed by atoms with Crippen molar-refractivity contribution in [2.24, 2.45) is 0 Å². The number of rotatable bonds is 8. The highest BCUT2D eigenvalue weighted by Crippen LogP contribution is 2.16. The zero-order chi connectivity index (χ0) is 15.1. The van der Waals surface area contributed by atoms with Crippen molar-refractivity contribution in [2.75, 3.05) is 6.54 Å². The number of nitrogens with zero attached hydrogens (tertiary/aromatic N) is 3. The van der Waals surface area contributed by atoms with E-state index in [0.29, 0.717) is 5.92 Å². The Balaban J connectivity index is 2.01. The maximum atomic E-state index is 5.47. The third-order valence-corrected chi connectivity index (χ3v) is 3.51. The van der Waals surface area contributed by atoms with E-state index in [1.165, 1.54) is 18.4 Å². The minimum absolute atomic E-state index is 0.407. The monoisotopic (exact) mass is 287 g/mol. The zero-order valence-electron chi connectivity index (χ0n) is 13.2. The van der Waals surface area contributed by atoms with Gasteiger partial charge in [-0.05, 0) is 30.5 Å². The molecular weight excluding hydrogens is 262 g/mol. The summed E-state index contributed by atoms with van der Waals surface area (Å²) in [6.45, 7) is 9.23. The van der Waals surface area contributed by atoms with E-state index < -0.39 is 0 Å². The van der Waals surface area contributed by atoms with Gasteiger partial charge in [-0.25, -0.2) is 0 Å². The highest BCUT2D eigenvalue weighted by molar-refractivity contribution is 5.11. The van der Waals surface area contributed by atoms with Gasteiger partial charge in [0.1, 0.15) is 0 Å². The summed E-state index contributed by atoms with van der Waals surface area (Å²) in [5, 5.41) is 4.14. The van der Waals surface area contributed by atoms with Crippen LogP contribution >= 0.6 is 0 Å². The lowest BCUT2D eigenvalue weighted by molar-refractivity contribution is 0.220. The van der Waals surface area contributed by atoms with E-state index in [1.807, 2.05) is 18.5 Å². The molecule has 0 amide bonds. The Labute approximate surface area is 127 Å². The lowest BCUT2D eigenvalue weighted by atomic mass is 10.1. The van der Waals surface area contributed by atoms with Crippen molar-refractivity contribution in [3.63, 3.8) is 0 Å². The Morgan fingerprint density at radius 2 is 2.14 bits per heavy atom. The van der Waals surface area contributed by atoms with Crippen LogP contribution in [0.5, 0.6) is 0 Å². The molecule has 0 aliphatic heterocycles. The van der Waals surface area contributed by atoms with E-state index in [-0.39, 0.29) is 0 Å². The standard InChI is InChI=1S/C17H25N3O/c1-4-5-9-20(12-15-7-6-8-18-11-15)13-16-10-17(14(2)3)19-21-16/h6-8,10-11,14H,4-5,9,12-13H2,1-3H3. The van der Waals surface area contributed by atoms with Gasteiger partial charge in [-0.15, -0.1) is 0 Å². The van der Waals surface area contributed by atoms with Gasteiger partial charge in [0, 0.05) is 25.0 Å². The van der Waals surface area contributed by atoms with Crippen LogP contribution in [0.3, 0.4) is 0 Å². The van der Waals surface area contributed by atoms with Gasteiger partial charge in [-0.1, -0.05) is 38.4 Å². The number of hydrogen-bond donors (Lipinski definition) is 0. The predicted molar refractivity (Wildman–Crippen MR) is 83.9 cm³/mol. The van der Waals surface area contributed by atoms with Crippen molar-refractivity contribution in [3.05, 3.63) is 47.6 Å². The minimum Gasteiger partial charge on any atom is -0.360 e. The number of unbranched alkanes of at least 4 members (excludes halogenated alkanes) is 1. The highest BCUT2D eigenvalue weighted by Gasteiger charge is 2.12. The largest absolute Gasteiger partial charge is 0.360 e. The molecule has 0 aliphatic carbocycles. The van der Waals surface area contributed by atoms with Crippen molar-refractivity contribution in [1.29, 1.82) is 0 Å². The Hall–Kier alpha value is -1.68. The Morgan fingerprint density at radius 3 is 2.76 bits per heavy atom. The topological polar surface area (TPSA) is 42.2 Å². The van der Waals surface area contributed by atoms with Crippen LogP contribution < -0.4 is 0 Å². The molecule has 0 bridgehead atoms. The van der Waals surface area contributed by atoms with E-state index >= 15 is 0 Å². The van der Waals surface area contributed by atoms with Crippen LogP contribution in [0.15, 0.2) is 35.1 Å². The fourth-order valence-corrected chi connectivity index (χ4v) is 2.24. The fraction of sp³-hybridized carbons (Fsp3) is 0.529. The van der Waals surface area contributed by atoms with Gasteiger partial charge < -0.3 is 4.52 Å². The summed E-state index contributed by atoms with van der Waals surface area (Å²) in [6, 6.07) is 6.18. The molecule has 4 nitrogen and oxygen atoms in total. The molecular formula is C17H25N3O. The maximum absolute atomic E-state index is 5.47. The number of hydrogen-bond acceptors (Lipinski definition) is 4. The molecule has 0 saturated heterocycles. The van der Waals surface area contributed by atoms with Crippen molar-refractivity contribution < 1.29 is 4.52 Å². The van der Waals surface area contributed by atoms with Crippen LogP contribution in [-0.4, -0.2) is 21.6 Å². The quantitative estimate of drug-likeness (QED) is 0.736. The van der Waals surface area contributed by atoms with E-state index in [9.17, 15) is 0 Å². The van der Waals surface area contributed by atoms with Crippen LogP contribution in [0.25, 0.3) is 0 Å². The number of aromatic nitrogens is 2. The molecule has 0 spiro atoms. The molecule has 0 aromatic carbocycles. The molecule has 21 heavy (non-hydrogen) atoms. The summed E-state index contributed by atoms with van der Waals surface area (Å²) in [5.74, 6) is 1.35. The molecule has 0 atom stereocenters. The lowest BCUT2D eigenvalue weighted by Crippen LogP contribution is -2.23. The van der Waals surface area contributed by atoms with Crippen LogP contribution in [0.1, 0.15) is 56.5 Å². The molecule has 0 aliphatic rings. The lowest BCUT2D eigenvalue weighted by Gasteiger charge is -2.20. The Morgan fingerprint density at radius 1 is 1.29 bits per heavy atom. The third kappa shape index (κ3) is 4.97. The molecule has 0 saturated carbocycles. The van der Waals surface area contributed by atoms with E-state index in [1.54, 1.807) is 0 Å². The summed E-state index contributed by atoms with van der Waals surface area (Å²) in [5.41, 5.74) is 2.26. The molecule has 0 N–H and O–H groups in total. The van der Waals surface area contributed by atoms with Crippen molar-refractivity contribution in [1.82, 2.24) is 15.0 Å². The Kier molecular flexibility index (Phi) is 5.93. The summed E-state index contributed by atoms with van der Waals surface area (Å²) >= 11 is 0. The molecule has 2 heterocycles. The second-order valence-corrected chi connectivity index (χ2v) is 5.80. The van der Waals surface area contributed by atoms with Crippen LogP contribution in [0, 0.1) is 0 Å². The SMILES string of the molecule is CCCCN(Cc1cccnc1)Cc1cc(C(C)C)no1. The summed E-state index contributed by atoms with van der Waals surface area (Å²) in [4.78, 5) is 6.58. The van der Waals surface area contributed by atoms with Gasteiger partial charge in [0.15, 0.2) is 5.76 Å². The van der Waals surface area contributed by atoms with E-state index in [4.69, 9.17) is 4.52 Å². The molecule has 2 aromatic rings. The average Bonchev–Trinajstić information content (AvgIpc) is 2.94. The van der Waals surface area contributed by atoms with Gasteiger partial charge in [0.05, 0.1) is 12.2 Å². The zero-order valence-corrected chi connectivity index (χ0v) is 13.2. The van der Waals surface area contributed by atoms with Crippen molar-refractivity contribution in [2.45, 2.75) is 52.6 Å². The van der Waals surface area contributed by atoms with Crippen LogP contribution in [0.2, 0.25) is 0 Å². The van der Waals surface area contributed by atoms with Crippen LogP contribution in [-0.2, 0) is 13.1 Å². The van der Waals surface area contributed by atoms with Gasteiger partial charge in [-0.3, -0.25) is 9.88 Å². The summed E-state index contributed by atoms with van der Waals surface area (Å²) in [6.07, 6.45) is 6.12. The first-order valence-corrected chi connectivity index (χ1v) is 7.75. The molecule has 114 valence electrons. The second-order valence-electron chi connectivity index (χ2n) is 5.80. The summed E-state index contributed by atoms with van der Waals surface area (Å²) in [7, 11) is 0. The highest BCUT2D eigenvalue weighted by atomic mass is 16.5. The van der Waals surface area contributed by atoms with Gasteiger partial charge in [0.2, 0.25) is 0 Å². The minimum atomic E-state index is 0.407. The first kappa shape index (κ1) is 15.7. The predicted octanol–water partition coefficient (Wildman–Crippen LogP) is 4.00. The van der Waals surface area contributed by atoms with Crippen LogP contribution in [0.4, 0.5) is 0 Å². The van der Waals surface area contributed by atoms with Crippen molar-refractivity contribution >= 4 is 0 Å². The van der Waals surface area contributed by atoms with E-state index in [2.05, 4.69) is 47.9 Å². The number of pyridine rings is 1. The molecule has 4 heteroatoms. The molecule has 0 radical (unpaired) electrons. The second kappa shape index (κ2) is 7.93. The van der Waals surface area contributed by atoms with Gasteiger partial charge in [-0.2, -0.15) is 0 Å². The first-order chi connectivity index (χ1) is 10.2. The molecule has 2 aromatic heterocycles. The van der Waals surface area contributed by atoms with Gasteiger partial charge >= 0.3 is 0 Å². The maximum Gasteiger partial charge on any atom is 0.150 e. The molecule has 0 unspecified atom stereocenters. The normalized spacial score (nSPS) is 11.5. The van der Waals surface area contributed by atoms with Gasteiger partial charge in [0.25, 0.3) is 0 Å². The Bertz CT molecular complexity index is 522. The third-order valence-electron chi connectivity index (χ3n) is 3.51. The molecule has 2 rings (SSSR count). The first-order valence-electron chi connectivity index (χ1n) is 7.75. The average molecular weight is 287 g/mol. The molecule has 0 fully saturated rings. The fourth-order valence-electron chi connectivity index (χ4n) is 2.24. The van der Waals surface area contributed by atoms with Crippen molar-refractivity contribution in [3.8, 4) is 0 Å². The van der Waals surface area contributed by atoms with E-state index in [0.717, 1.165) is 31.1 Å². The summed E-state index contributed by atoms with van der Waals surface area (Å²) < 4.78 is 5.47. The smallest absolute Gasteiger partial charge is 0.150 e.